The second kappa shape index (κ2) is 9.35. The highest BCUT2D eigenvalue weighted by Gasteiger charge is 2.26. The molecule has 2 aromatic rings. The summed E-state index contributed by atoms with van der Waals surface area (Å²) in [5, 5.41) is 16.2. The summed E-state index contributed by atoms with van der Waals surface area (Å²) in [7, 11) is 0. The lowest BCUT2D eigenvalue weighted by Gasteiger charge is -2.05. The lowest BCUT2D eigenvalue weighted by atomic mass is 10.1. The standard InChI is InChI=1S/C21H27N3O3/c25-19(26)14-7-2-1-3-8-15-22-21(27)20-17-12-9-13-18(17)24(23-20)16-10-5-4-6-11-16/h4-6,10-11H,1-3,7-9,12-15H2,(H,22,27)(H,25,26). The molecule has 0 atom stereocenters. The molecule has 1 heterocycles. The van der Waals surface area contributed by atoms with Crippen LogP contribution in [0.3, 0.4) is 0 Å². The van der Waals surface area contributed by atoms with Gasteiger partial charge in [-0.25, -0.2) is 4.68 Å². The van der Waals surface area contributed by atoms with Crippen molar-refractivity contribution in [1.82, 2.24) is 15.1 Å². The number of aromatic nitrogens is 2. The van der Waals surface area contributed by atoms with Gasteiger partial charge in [-0.1, -0.05) is 37.5 Å². The Morgan fingerprint density at radius 2 is 1.78 bits per heavy atom. The second-order valence-corrected chi connectivity index (χ2v) is 7.04. The third kappa shape index (κ3) is 4.96. The van der Waals surface area contributed by atoms with Gasteiger partial charge in [0.15, 0.2) is 5.69 Å². The third-order valence-corrected chi connectivity index (χ3v) is 5.00. The molecule has 0 unspecified atom stereocenters. The predicted molar refractivity (Wildman–Crippen MR) is 103 cm³/mol. The van der Waals surface area contributed by atoms with Crippen LogP contribution in [0.1, 0.15) is 66.7 Å². The van der Waals surface area contributed by atoms with Crippen molar-refractivity contribution in [2.45, 2.75) is 57.8 Å². The summed E-state index contributed by atoms with van der Waals surface area (Å²) in [5.74, 6) is -0.821. The number of benzene rings is 1. The largest absolute Gasteiger partial charge is 0.481 e. The molecule has 0 spiro atoms. The topological polar surface area (TPSA) is 84.2 Å². The van der Waals surface area contributed by atoms with Crippen LogP contribution in [-0.4, -0.2) is 33.3 Å². The zero-order chi connectivity index (χ0) is 19.1. The summed E-state index contributed by atoms with van der Waals surface area (Å²) >= 11 is 0. The maximum atomic E-state index is 12.6. The van der Waals surface area contributed by atoms with Crippen LogP contribution in [0.4, 0.5) is 0 Å². The van der Waals surface area contributed by atoms with E-state index in [1.807, 2.05) is 35.0 Å². The van der Waals surface area contributed by atoms with Gasteiger partial charge < -0.3 is 10.4 Å². The number of hydrogen-bond donors (Lipinski definition) is 2. The van der Waals surface area contributed by atoms with E-state index in [0.29, 0.717) is 12.2 Å². The van der Waals surface area contributed by atoms with Crippen molar-refractivity contribution < 1.29 is 14.7 Å². The second-order valence-electron chi connectivity index (χ2n) is 7.04. The minimum absolute atomic E-state index is 0.0892. The number of rotatable bonds is 10. The Kier molecular flexibility index (Phi) is 6.63. The molecule has 27 heavy (non-hydrogen) atoms. The van der Waals surface area contributed by atoms with Crippen molar-refractivity contribution in [1.29, 1.82) is 0 Å². The van der Waals surface area contributed by atoms with Crippen LogP contribution in [0.25, 0.3) is 5.69 Å². The molecule has 3 rings (SSSR count). The van der Waals surface area contributed by atoms with Crippen LogP contribution < -0.4 is 5.32 Å². The molecule has 1 aliphatic rings. The molecule has 2 N–H and O–H groups in total. The van der Waals surface area contributed by atoms with E-state index in [0.717, 1.165) is 68.3 Å². The smallest absolute Gasteiger partial charge is 0.303 e. The van der Waals surface area contributed by atoms with Crippen molar-refractivity contribution in [3.63, 3.8) is 0 Å². The van der Waals surface area contributed by atoms with E-state index in [9.17, 15) is 9.59 Å². The average Bonchev–Trinajstić information content (AvgIpc) is 3.26. The average molecular weight is 369 g/mol. The molecular formula is C21H27N3O3. The van der Waals surface area contributed by atoms with Crippen LogP contribution in [-0.2, 0) is 17.6 Å². The molecule has 1 amide bonds. The van der Waals surface area contributed by atoms with Gasteiger partial charge in [0.05, 0.1) is 5.69 Å². The van der Waals surface area contributed by atoms with Crippen LogP contribution in [0.5, 0.6) is 0 Å². The molecule has 0 bridgehead atoms. The predicted octanol–water partition coefficient (Wildman–Crippen LogP) is 3.52. The molecular weight excluding hydrogens is 342 g/mol. The Bertz CT molecular complexity index is 783. The highest BCUT2D eigenvalue weighted by Crippen LogP contribution is 2.27. The third-order valence-electron chi connectivity index (χ3n) is 5.00. The van der Waals surface area contributed by atoms with E-state index in [4.69, 9.17) is 5.11 Å². The number of amides is 1. The Hall–Kier alpha value is -2.63. The highest BCUT2D eigenvalue weighted by molar-refractivity contribution is 5.94. The molecule has 0 radical (unpaired) electrons. The van der Waals surface area contributed by atoms with Crippen molar-refractivity contribution in [3.8, 4) is 5.69 Å². The fourth-order valence-electron chi connectivity index (χ4n) is 3.62. The quantitative estimate of drug-likeness (QED) is 0.628. The summed E-state index contributed by atoms with van der Waals surface area (Å²) in [4.78, 5) is 23.1. The monoisotopic (exact) mass is 369 g/mol. The number of nitrogens with one attached hydrogen (secondary N) is 1. The van der Waals surface area contributed by atoms with Gasteiger partial charge in [0, 0.05) is 24.2 Å². The maximum Gasteiger partial charge on any atom is 0.303 e. The Labute approximate surface area is 159 Å². The Morgan fingerprint density at radius 1 is 1.04 bits per heavy atom. The number of nitrogens with zero attached hydrogens (tertiary/aromatic N) is 2. The van der Waals surface area contributed by atoms with E-state index in [2.05, 4.69) is 10.4 Å². The molecule has 6 heteroatoms. The van der Waals surface area contributed by atoms with Crippen LogP contribution in [0.2, 0.25) is 0 Å². The van der Waals surface area contributed by atoms with Gasteiger partial charge in [0.1, 0.15) is 0 Å². The first-order valence-corrected chi connectivity index (χ1v) is 9.83. The molecule has 0 saturated carbocycles. The molecule has 1 aliphatic carbocycles. The van der Waals surface area contributed by atoms with E-state index in [-0.39, 0.29) is 12.3 Å². The molecule has 0 fully saturated rings. The summed E-state index contributed by atoms with van der Waals surface area (Å²) in [6.07, 6.45) is 7.73. The Morgan fingerprint density at radius 3 is 2.56 bits per heavy atom. The van der Waals surface area contributed by atoms with Crippen LogP contribution in [0, 0.1) is 0 Å². The van der Waals surface area contributed by atoms with Crippen molar-refractivity contribution in [2.24, 2.45) is 0 Å². The number of hydrogen-bond acceptors (Lipinski definition) is 3. The number of para-hydroxylation sites is 1. The molecule has 0 saturated heterocycles. The summed E-state index contributed by atoms with van der Waals surface area (Å²) in [5.41, 5.74) is 3.80. The molecule has 0 aliphatic heterocycles. The number of carbonyl (C=O) groups excluding carboxylic acids is 1. The lowest BCUT2D eigenvalue weighted by Crippen LogP contribution is -2.26. The summed E-state index contributed by atoms with van der Waals surface area (Å²) < 4.78 is 1.92. The minimum Gasteiger partial charge on any atom is -0.481 e. The first-order chi connectivity index (χ1) is 13.2. The SMILES string of the molecule is O=C(O)CCCCCCCNC(=O)c1nn(-c2ccccc2)c2c1CCC2. The van der Waals surface area contributed by atoms with Gasteiger partial charge in [-0.2, -0.15) is 5.10 Å². The first kappa shape index (κ1) is 19.1. The van der Waals surface area contributed by atoms with E-state index < -0.39 is 5.97 Å². The van der Waals surface area contributed by atoms with Gasteiger partial charge >= 0.3 is 5.97 Å². The highest BCUT2D eigenvalue weighted by atomic mass is 16.4. The normalized spacial score (nSPS) is 12.7. The molecule has 144 valence electrons. The molecule has 6 nitrogen and oxygen atoms in total. The zero-order valence-electron chi connectivity index (χ0n) is 15.6. The number of unbranched alkanes of at least 4 members (excludes halogenated alkanes) is 4. The number of aliphatic carboxylic acids is 1. The molecule has 1 aromatic carbocycles. The zero-order valence-corrected chi connectivity index (χ0v) is 15.6. The van der Waals surface area contributed by atoms with E-state index >= 15 is 0 Å². The number of carboxylic acid groups (broad SMARTS) is 1. The Balaban J connectivity index is 1.50. The number of fused-ring (bicyclic) bond motifs is 1. The summed E-state index contributed by atoms with van der Waals surface area (Å²) in [6.45, 7) is 0.630. The van der Waals surface area contributed by atoms with Gasteiger partial charge in [-0.15, -0.1) is 0 Å². The number of carboxylic acids is 1. The first-order valence-electron chi connectivity index (χ1n) is 9.83. The van der Waals surface area contributed by atoms with Crippen LogP contribution in [0.15, 0.2) is 30.3 Å². The van der Waals surface area contributed by atoms with Crippen molar-refractivity contribution >= 4 is 11.9 Å². The maximum absolute atomic E-state index is 12.6. The minimum atomic E-state index is -0.732. The molecule has 1 aromatic heterocycles. The fourth-order valence-corrected chi connectivity index (χ4v) is 3.62. The van der Waals surface area contributed by atoms with Gasteiger partial charge in [-0.05, 0) is 44.2 Å². The van der Waals surface area contributed by atoms with Gasteiger partial charge in [0.25, 0.3) is 5.91 Å². The van der Waals surface area contributed by atoms with Crippen molar-refractivity contribution in [3.05, 3.63) is 47.3 Å². The van der Waals surface area contributed by atoms with E-state index in [1.54, 1.807) is 0 Å². The van der Waals surface area contributed by atoms with Crippen LogP contribution >= 0.6 is 0 Å². The fraction of sp³-hybridized carbons (Fsp3) is 0.476. The summed E-state index contributed by atoms with van der Waals surface area (Å²) in [6, 6.07) is 9.96. The lowest BCUT2D eigenvalue weighted by molar-refractivity contribution is -0.137. The van der Waals surface area contributed by atoms with Crippen molar-refractivity contribution in [2.75, 3.05) is 6.54 Å². The van der Waals surface area contributed by atoms with Gasteiger partial charge in [-0.3, -0.25) is 9.59 Å². The van der Waals surface area contributed by atoms with Gasteiger partial charge in [0.2, 0.25) is 0 Å². The number of carbonyl (C=O) groups is 2. The van der Waals surface area contributed by atoms with E-state index in [1.165, 1.54) is 0 Å².